The Labute approximate surface area is 121 Å². The summed E-state index contributed by atoms with van der Waals surface area (Å²) in [6.45, 7) is 0.221. The van der Waals surface area contributed by atoms with Crippen molar-refractivity contribution in [3.8, 4) is 0 Å². The molecule has 2 heterocycles. The van der Waals surface area contributed by atoms with Crippen LogP contribution in [0.25, 0.3) is 10.3 Å². The van der Waals surface area contributed by atoms with Crippen molar-refractivity contribution in [3.63, 3.8) is 0 Å². The van der Waals surface area contributed by atoms with Crippen molar-refractivity contribution in [1.29, 1.82) is 0 Å². The predicted octanol–water partition coefficient (Wildman–Crippen LogP) is 1.07. The molecule has 0 bridgehead atoms. The quantitative estimate of drug-likeness (QED) is 0.790. The van der Waals surface area contributed by atoms with Crippen molar-refractivity contribution >= 4 is 37.5 Å². The van der Waals surface area contributed by atoms with Crippen LogP contribution in [0.3, 0.4) is 0 Å². The van der Waals surface area contributed by atoms with E-state index < -0.39 is 21.2 Å². The number of hydrogen-bond donors (Lipinski definition) is 2. The number of hydrogen-bond acceptors (Lipinski definition) is 7. The zero-order chi connectivity index (χ0) is 15.7. The van der Waals surface area contributed by atoms with Crippen LogP contribution in [-0.4, -0.2) is 42.7 Å². The van der Waals surface area contributed by atoms with Gasteiger partial charge in [0.2, 0.25) is 15.0 Å². The van der Waals surface area contributed by atoms with Gasteiger partial charge >= 0.3 is 6.18 Å². The second-order valence-electron chi connectivity index (χ2n) is 3.99. The predicted molar refractivity (Wildman–Crippen MR) is 71.5 cm³/mol. The van der Waals surface area contributed by atoms with Crippen molar-refractivity contribution in [3.05, 3.63) is 11.3 Å². The summed E-state index contributed by atoms with van der Waals surface area (Å²) in [5.41, 5.74) is 0.00850. The average Bonchev–Trinajstić information content (AvgIpc) is 2.77. The number of thiazole rings is 1. The van der Waals surface area contributed by atoms with E-state index in [2.05, 4.69) is 25.0 Å². The number of nitrogens with one attached hydrogen (secondary N) is 2. The van der Waals surface area contributed by atoms with Crippen LogP contribution in [0.1, 0.15) is 5.01 Å². The number of aromatic nitrogens is 3. The molecule has 0 radical (unpaired) electrons. The maximum absolute atomic E-state index is 12.6. The van der Waals surface area contributed by atoms with Crippen LogP contribution in [0.2, 0.25) is 0 Å². The molecule has 2 aromatic rings. The molecule has 0 unspecified atom stereocenters. The van der Waals surface area contributed by atoms with Gasteiger partial charge in [-0.05, 0) is 0 Å². The average molecular weight is 341 g/mol. The molecule has 0 saturated carbocycles. The minimum Gasteiger partial charge on any atom is -0.367 e. The Balaban J connectivity index is 2.15. The molecular weight excluding hydrogens is 331 g/mol. The summed E-state index contributed by atoms with van der Waals surface area (Å²) < 4.78 is 61.8. The SMILES string of the molecule is CS(=O)(=O)NCCNc1ncnc2sc(C(F)(F)F)nc12. The lowest BCUT2D eigenvalue weighted by Gasteiger charge is -2.05. The summed E-state index contributed by atoms with van der Waals surface area (Å²) >= 11 is 0.423. The first-order valence-corrected chi connectivity index (χ1v) is 8.25. The summed E-state index contributed by atoms with van der Waals surface area (Å²) in [6, 6.07) is 0. The molecule has 0 aromatic carbocycles. The van der Waals surface area contributed by atoms with E-state index in [0.29, 0.717) is 11.3 Å². The molecule has 0 atom stereocenters. The second kappa shape index (κ2) is 5.69. The lowest BCUT2D eigenvalue weighted by atomic mass is 10.5. The minimum atomic E-state index is -4.54. The van der Waals surface area contributed by atoms with E-state index >= 15 is 0 Å². The third-order valence-corrected chi connectivity index (χ3v) is 3.96. The van der Waals surface area contributed by atoms with Gasteiger partial charge in [0.05, 0.1) is 6.26 Å². The number of anilines is 1. The van der Waals surface area contributed by atoms with Gasteiger partial charge in [-0.25, -0.2) is 28.1 Å². The molecular formula is C9H10F3N5O2S2. The van der Waals surface area contributed by atoms with Gasteiger partial charge in [0.15, 0.2) is 5.82 Å². The van der Waals surface area contributed by atoms with Gasteiger partial charge < -0.3 is 5.32 Å². The largest absolute Gasteiger partial charge is 0.443 e. The van der Waals surface area contributed by atoms with Gasteiger partial charge in [0, 0.05) is 13.1 Å². The maximum atomic E-state index is 12.6. The van der Waals surface area contributed by atoms with Gasteiger partial charge in [0.25, 0.3) is 0 Å². The van der Waals surface area contributed by atoms with Crippen LogP contribution in [0.4, 0.5) is 19.0 Å². The van der Waals surface area contributed by atoms with Crippen LogP contribution in [0, 0.1) is 0 Å². The van der Waals surface area contributed by atoms with Gasteiger partial charge in [-0.2, -0.15) is 13.2 Å². The van der Waals surface area contributed by atoms with E-state index in [9.17, 15) is 21.6 Å². The minimum absolute atomic E-state index is 0.00850. The molecule has 2 rings (SSSR count). The first kappa shape index (κ1) is 15.9. The van der Waals surface area contributed by atoms with Gasteiger partial charge in [-0.15, -0.1) is 0 Å². The Morgan fingerprint density at radius 3 is 2.62 bits per heavy atom. The summed E-state index contributed by atoms with van der Waals surface area (Å²) in [7, 11) is -3.32. The smallest absolute Gasteiger partial charge is 0.367 e. The second-order valence-corrected chi connectivity index (χ2v) is 6.80. The Bertz CT molecular complexity index is 743. The number of halogens is 3. The molecule has 7 nitrogen and oxygen atoms in total. The standard InChI is InChI=1S/C9H10F3N5O2S2/c1-21(18,19)16-3-2-13-6-5-7(15-4-14-6)20-8(17-5)9(10,11)12/h4,16H,2-3H2,1H3,(H,13,14,15). The number of fused-ring (bicyclic) bond motifs is 1. The molecule has 2 aromatic heterocycles. The van der Waals surface area contributed by atoms with Crippen molar-refractivity contribution < 1.29 is 21.6 Å². The molecule has 0 spiro atoms. The highest BCUT2D eigenvalue weighted by Gasteiger charge is 2.35. The van der Waals surface area contributed by atoms with Crippen molar-refractivity contribution in [2.75, 3.05) is 24.7 Å². The lowest BCUT2D eigenvalue weighted by Crippen LogP contribution is -2.27. The normalized spacial score (nSPS) is 12.8. The highest BCUT2D eigenvalue weighted by atomic mass is 32.2. The first-order valence-electron chi connectivity index (χ1n) is 5.54. The van der Waals surface area contributed by atoms with Crippen molar-refractivity contribution in [2.45, 2.75) is 6.18 Å². The molecule has 0 saturated heterocycles. The van der Waals surface area contributed by atoms with Crippen molar-refractivity contribution in [2.24, 2.45) is 0 Å². The van der Waals surface area contributed by atoms with Crippen LogP contribution in [-0.2, 0) is 16.2 Å². The van der Waals surface area contributed by atoms with Gasteiger partial charge in [0.1, 0.15) is 16.7 Å². The number of sulfonamides is 1. The highest BCUT2D eigenvalue weighted by Crippen LogP contribution is 2.35. The molecule has 0 fully saturated rings. The first-order chi connectivity index (χ1) is 9.67. The highest BCUT2D eigenvalue weighted by molar-refractivity contribution is 7.88. The Morgan fingerprint density at radius 1 is 1.29 bits per heavy atom. The van der Waals surface area contributed by atoms with E-state index in [0.717, 1.165) is 12.6 Å². The van der Waals surface area contributed by atoms with Gasteiger partial charge in [-0.1, -0.05) is 11.3 Å². The monoisotopic (exact) mass is 341 g/mol. The number of rotatable bonds is 5. The molecule has 0 aliphatic carbocycles. The summed E-state index contributed by atoms with van der Waals surface area (Å²) in [4.78, 5) is 11.1. The fourth-order valence-electron chi connectivity index (χ4n) is 1.42. The van der Waals surface area contributed by atoms with Crippen LogP contribution < -0.4 is 10.0 Å². The van der Waals surface area contributed by atoms with E-state index in [1.54, 1.807) is 0 Å². The third-order valence-electron chi connectivity index (χ3n) is 2.22. The van der Waals surface area contributed by atoms with E-state index in [4.69, 9.17) is 0 Å². The Hall–Kier alpha value is -1.53. The van der Waals surface area contributed by atoms with Crippen LogP contribution in [0.5, 0.6) is 0 Å². The number of nitrogens with zero attached hydrogens (tertiary/aromatic N) is 3. The van der Waals surface area contributed by atoms with Gasteiger partial charge in [-0.3, -0.25) is 0 Å². The molecule has 0 amide bonds. The molecule has 0 aliphatic rings. The topological polar surface area (TPSA) is 96.9 Å². The zero-order valence-corrected chi connectivity index (χ0v) is 12.2. The fourth-order valence-corrected chi connectivity index (χ4v) is 2.67. The maximum Gasteiger partial charge on any atom is 0.443 e. The van der Waals surface area contributed by atoms with Crippen molar-refractivity contribution in [1.82, 2.24) is 19.7 Å². The molecule has 12 heteroatoms. The molecule has 116 valence electrons. The summed E-state index contributed by atoms with van der Waals surface area (Å²) in [5.74, 6) is 0.127. The third kappa shape index (κ3) is 4.22. The number of alkyl halides is 3. The lowest BCUT2D eigenvalue weighted by molar-refractivity contribution is -0.137. The zero-order valence-electron chi connectivity index (χ0n) is 10.6. The van der Waals surface area contributed by atoms with E-state index in [1.807, 2.05) is 0 Å². The summed E-state index contributed by atoms with van der Waals surface area (Å²) in [5, 5.41) is 1.72. The Kier molecular flexibility index (Phi) is 4.30. The fraction of sp³-hybridized carbons (Fsp3) is 0.444. The van der Waals surface area contributed by atoms with Crippen LogP contribution in [0.15, 0.2) is 6.33 Å². The Morgan fingerprint density at radius 2 is 2.00 bits per heavy atom. The molecule has 2 N–H and O–H groups in total. The van der Waals surface area contributed by atoms with E-state index in [1.165, 1.54) is 0 Å². The molecule has 21 heavy (non-hydrogen) atoms. The summed E-state index contributed by atoms with van der Waals surface area (Å²) in [6.07, 6.45) is -2.42. The molecule has 0 aliphatic heterocycles. The van der Waals surface area contributed by atoms with E-state index in [-0.39, 0.29) is 29.3 Å². The van der Waals surface area contributed by atoms with Crippen LogP contribution >= 0.6 is 11.3 Å².